The normalized spacial score (nSPS) is 20.0. The van der Waals surface area contributed by atoms with Gasteiger partial charge in [-0.05, 0) is 69.5 Å². The lowest BCUT2D eigenvalue weighted by molar-refractivity contribution is 0.0155. The molecule has 0 amide bonds. The zero-order valence-electron chi connectivity index (χ0n) is 25.3. The zero-order valence-corrected chi connectivity index (χ0v) is 25.3. The summed E-state index contributed by atoms with van der Waals surface area (Å²) in [6.07, 6.45) is 9.46. The van der Waals surface area contributed by atoms with Gasteiger partial charge in [-0.1, -0.05) is 26.0 Å². The molecule has 2 aromatic heterocycles. The number of aromatic nitrogens is 3. The molecule has 0 saturated carbocycles. The molecule has 0 radical (unpaired) electrons. The van der Waals surface area contributed by atoms with Crippen molar-refractivity contribution < 1.29 is 9.50 Å². The molecule has 1 saturated heterocycles. The maximum atomic E-state index is 14.9. The minimum Gasteiger partial charge on any atom is -0.391 e. The molecule has 42 heavy (non-hydrogen) atoms. The van der Waals surface area contributed by atoms with E-state index in [1.165, 1.54) is 11.8 Å². The van der Waals surface area contributed by atoms with Crippen LogP contribution in [0.4, 0.5) is 16.2 Å². The number of aliphatic hydroxyl groups is 1. The van der Waals surface area contributed by atoms with Gasteiger partial charge in [0.2, 0.25) is 5.95 Å². The fourth-order valence-electron chi connectivity index (χ4n) is 6.20. The molecule has 0 spiro atoms. The summed E-state index contributed by atoms with van der Waals surface area (Å²) in [5.74, 6) is 0.561. The third-order valence-corrected chi connectivity index (χ3v) is 8.18. The lowest BCUT2D eigenvalue weighted by Gasteiger charge is -2.41. The van der Waals surface area contributed by atoms with Crippen molar-refractivity contribution in [3.05, 3.63) is 70.6 Å². The van der Waals surface area contributed by atoms with Crippen molar-refractivity contribution in [1.29, 1.82) is 5.41 Å². The number of anilines is 2. The Labute approximate surface area is 248 Å². The lowest BCUT2D eigenvalue weighted by Crippen LogP contribution is -2.49. The molecule has 1 aliphatic carbocycles. The minimum absolute atomic E-state index is 0.176. The molecule has 10 heteroatoms. The Balaban J connectivity index is 1.27. The topological polar surface area (TPSA) is 113 Å². The summed E-state index contributed by atoms with van der Waals surface area (Å²) in [4.78, 5) is 18.5. The lowest BCUT2D eigenvalue weighted by atomic mass is 9.93. The van der Waals surface area contributed by atoms with E-state index in [1.54, 1.807) is 12.2 Å². The van der Waals surface area contributed by atoms with Gasteiger partial charge in [0.15, 0.2) is 5.82 Å². The average molecular weight is 575 g/mol. The Kier molecular flexibility index (Phi) is 8.86. The molecule has 9 nitrogen and oxygen atoms in total. The van der Waals surface area contributed by atoms with E-state index in [1.807, 2.05) is 33.0 Å². The van der Waals surface area contributed by atoms with Crippen molar-refractivity contribution in [2.45, 2.75) is 65.1 Å². The zero-order chi connectivity index (χ0) is 30.0. The number of pyridine rings is 1. The molecule has 2 aliphatic heterocycles. The van der Waals surface area contributed by atoms with Crippen LogP contribution in [0.3, 0.4) is 0 Å². The quantitative estimate of drug-likeness (QED) is 0.366. The van der Waals surface area contributed by atoms with Crippen molar-refractivity contribution in [3.8, 4) is 0 Å². The molecular formula is C32H43FN8O. The molecule has 1 fully saturated rings. The van der Waals surface area contributed by atoms with Crippen LogP contribution in [0.5, 0.6) is 0 Å². The van der Waals surface area contributed by atoms with Gasteiger partial charge in [-0.2, -0.15) is 0 Å². The van der Waals surface area contributed by atoms with Gasteiger partial charge in [0.25, 0.3) is 0 Å². The molecule has 4 N–H and O–H groups in total. The molecule has 4 heterocycles. The predicted octanol–water partition coefficient (Wildman–Crippen LogP) is 4.45. The van der Waals surface area contributed by atoms with Gasteiger partial charge in [-0.25, -0.2) is 19.3 Å². The van der Waals surface area contributed by atoms with Crippen LogP contribution in [0.15, 0.2) is 47.8 Å². The molecule has 0 atom stereocenters. The monoisotopic (exact) mass is 574 g/mol. The number of nitrogens with one attached hydrogen (secondary N) is 3. The van der Waals surface area contributed by atoms with Crippen LogP contribution in [-0.2, 0) is 13.0 Å². The number of hydrogen-bond acceptors (Lipinski definition) is 9. The first-order valence-electron chi connectivity index (χ1n) is 14.9. The number of fused-ring (bicyclic) bond motifs is 1. The highest BCUT2D eigenvalue weighted by Gasteiger charge is 2.29. The van der Waals surface area contributed by atoms with Crippen molar-refractivity contribution >= 4 is 23.1 Å². The highest BCUT2D eigenvalue weighted by molar-refractivity contribution is 6.13. The highest BCUT2D eigenvalue weighted by atomic mass is 19.1. The summed E-state index contributed by atoms with van der Waals surface area (Å²) >= 11 is 0. The fraction of sp³-hybridized carbons (Fsp3) is 0.500. The van der Waals surface area contributed by atoms with Crippen LogP contribution < -0.4 is 10.6 Å². The van der Waals surface area contributed by atoms with E-state index in [4.69, 9.17) is 10.4 Å². The van der Waals surface area contributed by atoms with Crippen LogP contribution in [0, 0.1) is 17.1 Å². The van der Waals surface area contributed by atoms with Crippen LogP contribution in [-0.4, -0.2) is 80.4 Å². The molecule has 2 aromatic rings. The third-order valence-electron chi connectivity index (χ3n) is 8.18. The number of allylic oxidation sites excluding steroid dienone is 6. The number of piperidine rings is 1. The SMILES string of the molecule is CN/C(=C1/C=C(c2nc(Nc3ccc4c(n3)CCN(C3CCN(CC(C)(C)O)CC3)C4)ncc2F)C=CC1=N)C(C)C. The van der Waals surface area contributed by atoms with E-state index in [-0.39, 0.29) is 17.6 Å². The highest BCUT2D eigenvalue weighted by Crippen LogP contribution is 2.29. The van der Waals surface area contributed by atoms with Crippen LogP contribution in [0.1, 0.15) is 57.5 Å². The number of halogens is 1. The van der Waals surface area contributed by atoms with E-state index in [0.717, 1.165) is 62.4 Å². The Morgan fingerprint density at radius 2 is 1.93 bits per heavy atom. The van der Waals surface area contributed by atoms with Gasteiger partial charge < -0.3 is 26.0 Å². The smallest absolute Gasteiger partial charge is 0.229 e. The number of likely N-dealkylation sites (tertiary alicyclic amines) is 1. The van der Waals surface area contributed by atoms with Crippen LogP contribution in [0.2, 0.25) is 0 Å². The molecule has 0 unspecified atom stereocenters. The molecule has 5 rings (SSSR count). The molecule has 3 aliphatic rings. The summed E-state index contributed by atoms with van der Waals surface area (Å²) in [6, 6.07) is 4.60. The van der Waals surface area contributed by atoms with Gasteiger partial charge in [0.05, 0.1) is 17.5 Å². The summed E-state index contributed by atoms with van der Waals surface area (Å²) in [5, 5.41) is 24.9. The summed E-state index contributed by atoms with van der Waals surface area (Å²) in [5.41, 5.74) is 4.42. The van der Waals surface area contributed by atoms with Gasteiger partial charge in [0.1, 0.15) is 11.5 Å². The van der Waals surface area contributed by atoms with E-state index in [9.17, 15) is 9.50 Å². The maximum absolute atomic E-state index is 14.9. The van der Waals surface area contributed by atoms with Gasteiger partial charge in [0, 0.05) is 61.7 Å². The Hall–Kier alpha value is -3.47. The fourth-order valence-corrected chi connectivity index (χ4v) is 6.20. The molecular weight excluding hydrogens is 531 g/mol. The Morgan fingerprint density at radius 1 is 1.17 bits per heavy atom. The number of hydrogen-bond donors (Lipinski definition) is 4. The van der Waals surface area contributed by atoms with E-state index >= 15 is 0 Å². The van der Waals surface area contributed by atoms with Crippen molar-refractivity contribution in [2.24, 2.45) is 5.92 Å². The molecule has 0 aromatic carbocycles. The second-order valence-corrected chi connectivity index (χ2v) is 12.4. The molecule has 0 bridgehead atoms. The van der Waals surface area contributed by atoms with Gasteiger partial charge in [-0.15, -0.1) is 0 Å². The third kappa shape index (κ3) is 6.94. The van der Waals surface area contributed by atoms with E-state index < -0.39 is 11.4 Å². The van der Waals surface area contributed by atoms with Crippen molar-refractivity contribution in [3.63, 3.8) is 0 Å². The van der Waals surface area contributed by atoms with Crippen molar-refractivity contribution in [1.82, 2.24) is 30.1 Å². The first kappa shape index (κ1) is 30.0. The standard InChI is InChI=1S/C32H43FN8O/c1-20(2)29(35-5)24-16-21(6-8-26(24)34)30-25(33)17-36-31(39-30)38-28-9-7-22-18-41(15-12-27(22)37-28)23-10-13-40(14-11-23)19-32(3,4)42/h6-9,16-17,20,23,34-35,42H,10-15,18-19H2,1-5H3,(H,36,37,38,39)/b29-24-,34-26?. The Bertz CT molecular complexity index is 1420. The van der Waals surface area contributed by atoms with Crippen molar-refractivity contribution in [2.75, 3.05) is 38.5 Å². The first-order chi connectivity index (χ1) is 20.0. The predicted molar refractivity (Wildman–Crippen MR) is 165 cm³/mol. The summed E-state index contributed by atoms with van der Waals surface area (Å²) in [7, 11) is 1.83. The first-order valence-corrected chi connectivity index (χ1v) is 14.9. The number of nitrogens with zero attached hydrogens (tertiary/aromatic N) is 5. The maximum Gasteiger partial charge on any atom is 0.229 e. The summed E-state index contributed by atoms with van der Waals surface area (Å²) < 4.78 is 14.9. The van der Waals surface area contributed by atoms with Crippen LogP contribution in [0.25, 0.3) is 5.57 Å². The van der Waals surface area contributed by atoms with Gasteiger partial charge >= 0.3 is 0 Å². The Morgan fingerprint density at radius 3 is 2.62 bits per heavy atom. The minimum atomic E-state index is -0.658. The second-order valence-electron chi connectivity index (χ2n) is 12.4. The van der Waals surface area contributed by atoms with E-state index in [2.05, 4.69) is 50.3 Å². The van der Waals surface area contributed by atoms with Crippen LogP contribution >= 0.6 is 0 Å². The summed E-state index contributed by atoms with van der Waals surface area (Å²) in [6.45, 7) is 12.4. The average Bonchev–Trinajstić information content (AvgIpc) is 2.94. The van der Waals surface area contributed by atoms with E-state index in [0.29, 0.717) is 29.7 Å². The molecule has 224 valence electrons. The number of rotatable bonds is 8. The largest absolute Gasteiger partial charge is 0.391 e. The second kappa shape index (κ2) is 12.4. The van der Waals surface area contributed by atoms with Gasteiger partial charge in [-0.3, -0.25) is 4.90 Å². The number of β-amino-alcohol motifs (C(OH)–C–C–N with tert-alkyl or cyclic N) is 1.